The first-order chi connectivity index (χ1) is 14.9. The maximum atomic E-state index is 12.7. The van der Waals surface area contributed by atoms with Crippen LogP contribution in [0.1, 0.15) is 26.7 Å². The summed E-state index contributed by atoms with van der Waals surface area (Å²) in [7, 11) is -3.47. The van der Waals surface area contributed by atoms with E-state index in [-0.39, 0.29) is 11.8 Å². The SMILES string of the molecule is CCN(CC)S(=O)(=O)c1ccc(-c2csc(-c3ccc(NC(=O)C4CC4)cc3)n2)cc1. The van der Waals surface area contributed by atoms with E-state index in [2.05, 4.69) is 5.32 Å². The van der Waals surface area contributed by atoms with Crippen molar-refractivity contribution in [2.45, 2.75) is 31.6 Å². The van der Waals surface area contributed by atoms with E-state index in [9.17, 15) is 13.2 Å². The van der Waals surface area contributed by atoms with Gasteiger partial charge in [0.1, 0.15) is 5.01 Å². The number of hydrogen-bond acceptors (Lipinski definition) is 5. The highest BCUT2D eigenvalue weighted by Gasteiger charge is 2.29. The summed E-state index contributed by atoms with van der Waals surface area (Å²) in [4.78, 5) is 16.9. The van der Waals surface area contributed by atoms with Crippen molar-refractivity contribution in [1.82, 2.24) is 9.29 Å². The van der Waals surface area contributed by atoms with Crippen LogP contribution in [0.2, 0.25) is 0 Å². The summed E-state index contributed by atoms with van der Waals surface area (Å²) in [5, 5.41) is 5.77. The standard InChI is InChI=1S/C23H25N3O3S2/c1-3-26(4-2)31(28,29)20-13-9-16(10-14-20)21-15-30-23(25-21)18-7-11-19(12-8-18)24-22(27)17-5-6-17/h7-15,17H,3-6H2,1-2H3,(H,24,27). The van der Waals surface area contributed by atoms with Crippen molar-refractivity contribution in [3.8, 4) is 21.8 Å². The predicted octanol–water partition coefficient (Wildman–Crippen LogP) is 4.86. The predicted molar refractivity (Wildman–Crippen MR) is 124 cm³/mol. The smallest absolute Gasteiger partial charge is 0.243 e. The van der Waals surface area contributed by atoms with Crippen LogP contribution >= 0.6 is 11.3 Å². The number of hydrogen-bond donors (Lipinski definition) is 1. The van der Waals surface area contributed by atoms with E-state index in [4.69, 9.17) is 4.98 Å². The molecule has 4 rings (SSSR count). The number of anilines is 1. The molecule has 31 heavy (non-hydrogen) atoms. The van der Waals surface area contributed by atoms with Gasteiger partial charge in [0.15, 0.2) is 0 Å². The molecule has 1 saturated carbocycles. The van der Waals surface area contributed by atoms with E-state index >= 15 is 0 Å². The van der Waals surface area contributed by atoms with Crippen molar-refractivity contribution < 1.29 is 13.2 Å². The zero-order valence-electron chi connectivity index (χ0n) is 17.5. The number of benzene rings is 2. The molecular formula is C23H25N3O3S2. The van der Waals surface area contributed by atoms with Gasteiger partial charge in [0.25, 0.3) is 0 Å². The number of carbonyl (C=O) groups is 1. The van der Waals surface area contributed by atoms with Gasteiger partial charge in [0.2, 0.25) is 15.9 Å². The minimum atomic E-state index is -3.47. The largest absolute Gasteiger partial charge is 0.326 e. The third-order valence-corrected chi connectivity index (χ3v) is 8.30. The Hall–Kier alpha value is -2.55. The molecule has 1 amide bonds. The number of sulfonamides is 1. The van der Waals surface area contributed by atoms with Crippen LogP contribution in [0.4, 0.5) is 5.69 Å². The molecule has 1 N–H and O–H groups in total. The maximum Gasteiger partial charge on any atom is 0.243 e. The van der Waals surface area contributed by atoms with Crippen molar-refractivity contribution in [2.24, 2.45) is 5.92 Å². The third kappa shape index (κ3) is 4.71. The molecule has 1 aliphatic rings. The Labute approximate surface area is 187 Å². The van der Waals surface area contributed by atoms with E-state index in [0.29, 0.717) is 18.0 Å². The van der Waals surface area contributed by atoms with Gasteiger partial charge in [0, 0.05) is 41.2 Å². The Morgan fingerprint density at radius 1 is 1.03 bits per heavy atom. The van der Waals surface area contributed by atoms with Crippen LogP contribution in [0.15, 0.2) is 58.8 Å². The molecule has 0 spiro atoms. The first kappa shape index (κ1) is 21.7. The van der Waals surface area contributed by atoms with Crippen LogP contribution in [-0.2, 0) is 14.8 Å². The topological polar surface area (TPSA) is 79.4 Å². The first-order valence-corrected chi connectivity index (χ1v) is 12.7. The van der Waals surface area contributed by atoms with Crippen molar-refractivity contribution in [3.63, 3.8) is 0 Å². The second-order valence-corrected chi connectivity index (χ2v) is 10.3. The summed E-state index contributed by atoms with van der Waals surface area (Å²) in [5.74, 6) is 0.269. The van der Waals surface area contributed by atoms with Crippen LogP contribution in [0.25, 0.3) is 21.8 Å². The number of carbonyl (C=O) groups excluding carboxylic acids is 1. The highest BCUT2D eigenvalue weighted by molar-refractivity contribution is 7.89. The van der Waals surface area contributed by atoms with Gasteiger partial charge in [-0.3, -0.25) is 4.79 Å². The molecule has 0 radical (unpaired) electrons. The van der Waals surface area contributed by atoms with Crippen molar-refractivity contribution >= 4 is 33.0 Å². The molecule has 1 fully saturated rings. The lowest BCUT2D eigenvalue weighted by atomic mass is 10.2. The number of rotatable bonds is 8. The van der Waals surface area contributed by atoms with Gasteiger partial charge < -0.3 is 5.32 Å². The molecule has 0 atom stereocenters. The van der Waals surface area contributed by atoms with Crippen molar-refractivity contribution in [2.75, 3.05) is 18.4 Å². The number of thiazole rings is 1. The Bertz CT molecular complexity index is 1160. The van der Waals surface area contributed by atoms with Crippen molar-refractivity contribution in [3.05, 3.63) is 53.9 Å². The van der Waals surface area contributed by atoms with Gasteiger partial charge in [-0.2, -0.15) is 4.31 Å². The molecule has 8 heteroatoms. The average molecular weight is 456 g/mol. The van der Waals surface area contributed by atoms with Crippen LogP contribution in [-0.4, -0.2) is 36.7 Å². The van der Waals surface area contributed by atoms with E-state index in [1.807, 2.05) is 43.5 Å². The van der Waals surface area contributed by atoms with E-state index in [0.717, 1.165) is 40.4 Å². The molecule has 0 aliphatic heterocycles. The Morgan fingerprint density at radius 3 is 2.23 bits per heavy atom. The van der Waals surface area contributed by atoms with Gasteiger partial charge >= 0.3 is 0 Å². The highest BCUT2D eigenvalue weighted by Crippen LogP contribution is 2.32. The van der Waals surface area contributed by atoms with Crippen LogP contribution in [0.3, 0.4) is 0 Å². The molecule has 1 aromatic heterocycles. The molecule has 6 nitrogen and oxygen atoms in total. The second kappa shape index (κ2) is 8.90. The zero-order chi connectivity index (χ0) is 22.0. The average Bonchev–Trinajstić information content (AvgIpc) is 3.52. The van der Waals surface area contributed by atoms with Gasteiger partial charge in [-0.25, -0.2) is 13.4 Å². The quantitative estimate of drug-likeness (QED) is 0.526. The fourth-order valence-corrected chi connectivity index (χ4v) is 5.63. The lowest BCUT2D eigenvalue weighted by Gasteiger charge is -2.18. The molecular weight excluding hydrogens is 430 g/mol. The normalized spacial score (nSPS) is 14.0. The van der Waals surface area contributed by atoms with E-state index in [1.165, 1.54) is 15.6 Å². The number of amides is 1. The molecule has 162 valence electrons. The summed E-state index contributed by atoms with van der Waals surface area (Å²) in [6, 6.07) is 14.6. The summed E-state index contributed by atoms with van der Waals surface area (Å²) in [5.41, 5.74) is 3.44. The van der Waals surface area contributed by atoms with Crippen LogP contribution in [0, 0.1) is 5.92 Å². The monoisotopic (exact) mass is 455 g/mol. The second-order valence-electron chi connectivity index (χ2n) is 7.49. The first-order valence-electron chi connectivity index (χ1n) is 10.4. The van der Waals surface area contributed by atoms with Crippen molar-refractivity contribution in [1.29, 1.82) is 0 Å². The molecule has 0 unspecified atom stereocenters. The summed E-state index contributed by atoms with van der Waals surface area (Å²) in [6.07, 6.45) is 1.96. The molecule has 1 aliphatic carbocycles. The lowest BCUT2D eigenvalue weighted by Crippen LogP contribution is -2.30. The molecule has 2 aromatic carbocycles. The summed E-state index contributed by atoms with van der Waals surface area (Å²) >= 11 is 1.53. The fraction of sp³-hybridized carbons (Fsp3) is 0.304. The molecule has 0 saturated heterocycles. The Kier molecular flexibility index (Phi) is 6.22. The highest BCUT2D eigenvalue weighted by atomic mass is 32.2. The number of nitrogens with zero attached hydrogens (tertiary/aromatic N) is 2. The Morgan fingerprint density at radius 2 is 1.65 bits per heavy atom. The van der Waals surface area contributed by atoms with Gasteiger partial charge in [-0.1, -0.05) is 26.0 Å². The number of aromatic nitrogens is 1. The number of nitrogens with one attached hydrogen (secondary N) is 1. The third-order valence-electron chi connectivity index (χ3n) is 5.34. The summed E-state index contributed by atoms with van der Waals surface area (Å²) in [6.45, 7) is 4.55. The van der Waals surface area contributed by atoms with Gasteiger partial charge in [-0.15, -0.1) is 11.3 Å². The summed E-state index contributed by atoms with van der Waals surface area (Å²) < 4.78 is 26.7. The maximum absolute atomic E-state index is 12.7. The fourth-order valence-electron chi connectivity index (χ4n) is 3.34. The van der Waals surface area contributed by atoms with Crippen LogP contribution in [0.5, 0.6) is 0 Å². The van der Waals surface area contributed by atoms with E-state index < -0.39 is 10.0 Å². The lowest BCUT2D eigenvalue weighted by molar-refractivity contribution is -0.117. The van der Waals surface area contributed by atoms with Gasteiger partial charge in [-0.05, 0) is 49.2 Å². The van der Waals surface area contributed by atoms with E-state index in [1.54, 1.807) is 24.3 Å². The van der Waals surface area contributed by atoms with Gasteiger partial charge in [0.05, 0.1) is 10.6 Å². The zero-order valence-corrected chi connectivity index (χ0v) is 19.2. The molecule has 1 heterocycles. The molecule has 0 bridgehead atoms. The van der Waals surface area contributed by atoms with Crippen LogP contribution < -0.4 is 5.32 Å². The minimum Gasteiger partial charge on any atom is -0.326 e. The molecule has 3 aromatic rings. The minimum absolute atomic E-state index is 0.0933. The Balaban J connectivity index is 1.49.